The SMILES string of the molecule is COc1ccc(OCC(=O)OCc2ccccc2C#N)cc1. The largest absolute Gasteiger partial charge is 0.497 e. The van der Waals surface area contributed by atoms with Gasteiger partial charge in [-0.1, -0.05) is 18.2 Å². The molecule has 0 bridgehead atoms. The second-order valence-electron chi connectivity index (χ2n) is 4.39. The molecule has 2 rings (SSSR count). The molecule has 5 nitrogen and oxygen atoms in total. The first kappa shape index (κ1) is 15.4. The normalized spacial score (nSPS) is 9.64. The molecular weight excluding hydrogens is 282 g/mol. The summed E-state index contributed by atoms with van der Waals surface area (Å²) in [7, 11) is 1.58. The molecule has 0 fully saturated rings. The Kier molecular flexibility index (Phi) is 5.38. The quantitative estimate of drug-likeness (QED) is 0.767. The van der Waals surface area contributed by atoms with Crippen LogP contribution in [0.2, 0.25) is 0 Å². The zero-order valence-corrected chi connectivity index (χ0v) is 12.1. The maximum atomic E-state index is 11.7. The molecule has 0 aliphatic rings. The van der Waals surface area contributed by atoms with E-state index < -0.39 is 5.97 Å². The van der Waals surface area contributed by atoms with Gasteiger partial charge in [0.2, 0.25) is 0 Å². The molecule has 0 heterocycles. The van der Waals surface area contributed by atoms with E-state index in [2.05, 4.69) is 6.07 Å². The van der Waals surface area contributed by atoms with Crippen molar-refractivity contribution < 1.29 is 19.0 Å². The van der Waals surface area contributed by atoms with Gasteiger partial charge in [-0.2, -0.15) is 5.26 Å². The summed E-state index contributed by atoms with van der Waals surface area (Å²) in [6, 6.07) is 15.9. The van der Waals surface area contributed by atoms with Crippen molar-refractivity contribution in [1.82, 2.24) is 0 Å². The molecule has 0 aromatic heterocycles. The molecule has 22 heavy (non-hydrogen) atoms. The summed E-state index contributed by atoms with van der Waals surface area (Å²) in [4.78, 5) is 11.7. The van der Waals surface area contributed by atoms with Gasteiger partial charge < -0.3 is 14.2 Å². The molecule has 0 aliphatic heterocycles. The Bertz CT molecular complexity index is 674. The lowest BCUT2D eigenvalue weighted by molar-refractivity contribution is -0.147. The van der Waals surface area contributed by atoms with Gasteiger partial charge in [-0.25, -0.2) is 4.79 Å². The lowest BCUT2D eigenvalue weighted by atomic mass is 10.1. The molecule has 0 unspecified atom stereocenters. The minimum absolute atomic E-state index is 0.0501. The Morgan fingerprint density at radius 3 is 2.45 bits per heavy atom. The van der Waals surface area contributed by atoms with Crippen LogP contribution in [0.4, 0.5) is 0 Å². The van der Waals surface area contributed by atoms with E-state index >= 15 is 0 Å². The van der Waals surface area contributed by atoms with Crippen LogP contribution in [-0.2, 0) is 16.1 Å². The number of carbonyl (C=O) groups is 1. The first-order chi connectivity index (χ1) is 10.7. The van der Waals surface area contributed by atoms with Crippen molar-refractivity contribution in [3.8, 4) is 17.6 Å². The number of nitrogens with zero attached hydrogens (tertiary/aromatic N) is 1. The molecule has 0 radical (unpaired) electrons. The number of benzene rings is 2. The van der Waals surface area contributed by atoms with Crippen molar-refractivity contribution in [2.24, 2.45) is 0 Å². The third-order valence-corrected chi connectivity index (χ3v) is 2.94. The molecule has 0 spiro atoms. The van der Waals surface area contributed by atoms with E-state index in [1.54, 1.807) is 55.6 Å². The van der Waals surface area contributed by atoms with Crippen LogP contribution in [0.25, 0.3) is 0 Å². The van der Waals surface area contributed by atoms with E-state index in [0.29, 0.717) is 22.6 Å². The fraction of sp³-hybridized carbons (Fsp3) is 0.176. The van der Waals surface area contributed by atoms with Gasteiger partial charge in [0.1, 0.15) is 18.1 Å². The number of esters is 1. The first-order valence-electron chi connectivity index (χ1n) is 6.63. The smallest absolute Gasteiger partial charge is 0.344 e. The molecule has 0 saturated carbocycles. The van der Waals surface area contributed by atoms with Crippen molar-refractivity contribution in [2.75, 3.05) is 13.7 Å². The summed E-state index contributed by atoms with van der Waals surface area (Å²) in [5.41, 5.74) is 1.16. The molecule has 112 valence electrons. The van der Waals surface area contributed by atoms with Crippen LogP contribution in [-0.4, -0.2) is 19.7 Å². The summed E-state index contributed by atoms with van der Waals surface area (Å²) < 4.78 is 15.4. The fourth-order valence-electron chi connectivity index (χ4n) is 1.77. The van der Waals surface area contributed by atoms with Crippen LogP contribution in [0.3, 0.4) is 0 Å². The summed E-state index contributed by atoms with van der Waals surface area (Å²) >= 11 is 0. The van der Waals surface area contributed by atoms with Crippen LogP contribution in [0.15, 0.2) is 48.5 Å². The molecule has 0 atom stereocenters. The van der Waals surface area contributed by atoms with Gasteiger partial charge in [0.05, 0.1) is 18.7 Å². The molecule has 2 aromatic carbocycles. The zero-order valence-electron chi connectivity index (χ0n) is 12.1. The zero-order chi connectivity index (χ0) is 15.8. The number of methoxy groups -OCH3 is 1. The van der Waals surface area contributed by atoms with Crippen molar-refractivity contribution in [3.05, 3.63) is 59.7 Å². The van der Waals surface area contributed by atoms with E-state index in [9.17, 15) is 4.79 Å². The standard InChI is InChI=1S/C17H15NO4/c1-20-15-6-8-16(9-7-15)21-12-17(19)22-11-14-5-3-2-4-13(14)10-18/h2-9H,11-12H2,1H3. The molecule has 2 aromatic rings. The summed E-state index contributed by atoms with van der Waals surface area (Å²) in [5, 5.41) is 8.95. The predicted molar refractivity (Wildman–Crippen MR) is 79.4 cm³/mol. The van der Waals surface area contributed by atoms with E-state index in [0.717, 1.165) is 0 Å². The summed E-state index contributed by atoms with van der Waals surface area (Å²) in [6.07, 6.45) is 0. The van der Waals surface area contributed by atoms with E-state index in [1.807, 2.05) is 0 Å². The number of hydrogen-bond donors (Lipinski definition) is 0. The molecule has 5 heteroatoms. The monoisotopic (exact) mass is 297 g/mol. The maximum absolute atomic E-state index is 11.7. The van der Waals surface area contributed by atoms with Crippen molar-refractivity contribution in [3.63, 3.8) is 0 Å². The van der Waals surface area contributed by atoms with Gasteiger partial charge in [-0.3, -0.25) is 0 Å². The number of ether oxygens (including phenoxy) is 3. The van der Waals surface area contributed by atoms with Crippen LogP contribution >= 0.6 is 0 Å². The minimum Gasteiger partial charge on any atom is -0.497 e. The summed E-state index contributed by atoms with van der Waals surface area (Å²) in [5.74, 6) is 0.766. The van der Waals surface area contributed by atoms with Gasteiger partial charge in [-0.15, -0.1) is 0 Å². The van der Waals surface area contributed by atoms with E-state index in [4.69, 9.17) is 19.5 Å². The van der Waals surface area contributed by atoms with Gasteiger partial charge >= 0.3 is 5.97 Å². The van der Waals surface area contributed by atoms with Crippen molar-refractivity contribution in [1.29, 1.82) is 5.26 Å². The molecule has 0 N–H and O–H groups in total. The summed E-state index contributed by atoms with van der Waals surface area (Å²) in [6.45, 7) is -0.143. The molecule has 0 saturated heterocycles. The van der Waals surface area contributed by atoms with Crippen LogP contribution in [0.5, 0.6) is 11.5 Å². The molecular formula is C17H15NO4. The maximum Gasteiger partial charge on any atom is 0.344 e. The third kappa shape index (κ3) is 4.25. The van der Waals surface area contributed by atoms with Crippen LogP contribution < -0.4 is 9.47 Å². The number of nitriles is 1. The topological polar surface area (TPSA) is 68.6 Å². The number of carbonyl (C=O) groups excluding carboxylic acids is 1. The third-order valence-electron chi connectivity index (χ3n) is 2.94. The van der Waals surface area contributed by atoms with Gasteiger partial charge in [0.25, 0.3) is 0 Å². The highest BCUT2D eigenvalue weighted by Gasteiger charge is 2.07. The van der Waals surface area contributed by atoms with Gasteiger partial charge in [0, 0.05) is 5.56 Å². The van der Waals surface area contributed by atoms with Crippen LogP contribution in [0.1, 0.15) is 11.1 Å². The lowest BCUT2D eigenvalue weighted by Gasteiger charge is -2.08. The molecule has 0 amide bonds. The van der Waals surface area contributed by atoms with Gasteiger partial charge in [-0.05, 0) is 30.3 Å². The van der Waals surface area contributed by atoms with E-state index in [-0.39, 0.29) is 13.2 Å². The van der Waals surface area contributed by atoms with Gasteiger partial charge in [0.15, 0.2) is 6.61 Å². The second kappa shape index (κ2) is 7.70. The number of rotatable bonds is 6. The van der Waals surface area contributed by atoms with E-state index in [1.165, 1.54) is 0 Å². The highest BCUT2D eigenvalue weighted by atomic mass is 16.6. The Morgan fingerprint density at radius 1 is 1.09 bits per heavy atom. The molecule has 0 aliphatic carbocycles. The van der Waals surface area contributed by atoms with Crippen LogP contribution in [0, 0.1) is 11.3 Å². The van der Waals surface area contributed by atoms with Crippen molar-refractivity contribution >= 4 is 5.97 Å². The minimum atomic E-state index is -0.497. The average molecular weight is 297 g/mol. The Hall–Kier alpha value is -3.00. The second-order valence-corrected chi connectivity index (χ2v) is 4.39. The Balaban J connectivity index is 1.81. The Morgan fingerprint density at radius 2 is 1.77 bits per heavy atom. The highest BCUT2D eigenvalue weighted by molar-refractivity contribution is 5.71. The fourth-order valence-corrected chi connectivity index (χ4v) is 1.77. The number of hydrogen-bond acceptors (Lipinski definition) is 5. The average Bonchev–Trinajstić information content (AvgIpc) is 2.58. The Labute approximate surface area is 128 Å². The predicted octanol–water partition coefficient (Wildman–Crippen LogP) is 2.69. The highest BCUT2D eigenvalue weighted by Crippen LogP contribution is 2.17. The first-order valence-corrected chi connectivity index (χ1v) is 6.63. The lowest BCUT2D eigenvalue weighted by Crippen LogP contribution is -2.15. The van der Waals surface area contributed by atoms with Crippen molar-refractivity contribution in [2.45, 2.75) is 6.61 Å².